The molecule has 0 aromatic heterocycles. The Hall–Kier alpha value is -1.75. The SMILES string of the molecule is CCC(Oc1ccccc1OC)C(=O)N1CCOCC1. The summed E-state index contributed by atoms with van der Waals surface area (Å²) < 4.78 is 16.4. The van der Waals surface area contributed by atoms with E-state index in [2.05, 4.69) is 0 Å². The van der Waals surface area contributed by atoms with E-state index in [1.165, 1.54) is 0 Å². The lowest BCUT2D eigenvalue weighted by Gasteiger charge is -2.30. The van der Waals surface area contributed by atoms with Gasteiger partial charge in [0.15, 0.2) is 17.6 Å². The predicted molar refractivity (Wildman–Crippen MR) is 75.1 cm³/mol. The van der Waals surface area contributed by atoms with Crippen LogP contribution in [0.2, 0.25) is 0 Å². The molecule has 1 aromatic rings. The molecule has 1 saturated heterocycles. The van der Waals surface area contributed by atoms with Crippen molar-refractivity contribution in [3.05, 3.63) is 24.3 Å². The van der Waals surface area contributed by atoms with Crippen molar-refractivity contribution in [2.24, 2.45) is 0 Å². The first-order valence-corrected chi connectivity index (χ1v) is 6.92. The molecule has 0 bridgehead atoms. The van der Waals surface area contributed by atoms with E-state index in [1.807, 2.05) is 31.2 Å². The van der Waals surface area contributed by atoms with Crippen molar-refractivity contribution >= 4 is 5.91 Å². The second kappa shape index (κ2) is 7.14. The summed E-state index contributed by atoms with van der Waals surface area (Å²) in [6.07, 6.45) is 0.137. The summed E-state index contributed by atoms with van der Waals surface area (Å²) in [4.78, 5) is 14.2. The Bertz CT molecular complexity index is 443. The lowest BCUT2D eigenvalue weighted by atomic mass is 10.2. The van der Waals surface area contributed by atoms with Crippen molar-refractivity contribution in [1.82, 2.24) is 4.90 Å². The summed E-state index contributed by atoms with van der Waals surface area (Å²) in [6.45, 7) is 4.39. The Morgan fingerprint density at radius 2 is 1.95 bits per heavy atom. The molecular formula is C15H21NO4. The van der Waals surface area contributed by atoms with E-state index in [9.17, 15) is 4.79 Å². The van der Waals surface area contributed by atoms with Crippen molar-refractivity contribution in [3.8, 4) is 11.5 Å². The molecule has 2 rings (SSSR count). The molecule has 0 N–H and O–H groups in total. The van der Waals surface area contributed by atoms with E-state index >= 15 is 0 Å². The standard InChI is InChI=1S/C15H21NO4/c1-3-12(15(17)16-8-10-19-11-9-16)20-14-7-5-4-6-13(14)18-2/h4-7,12H,3,8-11H2,1-2H3. The van der Waals surface area contributed by atoms with Crippen LogP contribution in [0.25, 0.3) is 0 Å². The number of benzene rings is 1. The molecular weight excluding hydrogens is 258 g/mol. The van der Waals surface area contributed by atoms with Crippen LogP contribution in [0.15, 0.2) is 24.3 Å². The normalized spacial score (nSPS) is 16.6. The van der Waals surface area contributed by atoms with Crippen molar-refractivity contribution in [2.75, 3.05) is 33.4 Å². The number of ether oxygens (including phenoxy) is 3. The molecule has 1 heterocycles. The van der Waals surface area contributed by atoms with Crippen LogP contribution in [-0.4, -0.2) is 50.3 Å². The summed E-state index contributed by atoms with van der Waals surface area (Å²) in [5.74, 6) is 1.26. The van der Waals surface area contributed by atoms with Gasteiger partial charge >= 0.3 is 0 Å². The minimum atomic E-state index is -0.482. The van der Waals surface area contributed by atoms with Gasteiger partial charge in [0.1, 0.15) is 0 Å². The average Bonchev–Trinajstić information content (AvgIpc) is 2.53. The second-order valence-electron chi connectivity index (χ2n) is 4.60. The number of rotatable bonds is 5. The summed E-state index contributed by atoms with van der Waals surface area (Å²) in [7, 11) is 1.59. The van der Waals surface area contributed by atoms with E-state index in [1.54, 1.807) is 12.0 Å². The monoisotopic (exact) mass is 279 g/mol. The minimum Gasteiger partial charge on any atom is -0.493 e. The van der Waals surface area contributed by atoms with Gasteiger partial charge in [-0.25, -0.2) is 0 Å². The van der Waals surface area contributed by atoms with Gasteiger partial charge in [-0.2, -0.15) is 0 Å². The molecule has 1 atom stereocenters. The van der Waals surface area contributed by atoms with Gasteiger partial charge in [-0.3, -0.25) is 4.79 Å². The van der Waals surface area contributed by atoms with Crippen LogP contribution in [0.1, 0.15) is 13.3 Å². The van der Waals surface area contributed by atoms with Crippen LogP contribution in [0.5, 0.6) is 11.5 Å². The Morgan fingerprint density at radius 1 is 1.30 bits per heavy atom. The Kier molecular flexibility index (Phi) is 5.24. The maximum atomic E-state index is 12.4. The second-order valence-corrected chi connectivity index (χ2v) is 4.60. The number of morpholine rings is 1. The van der Waals surface area contributed by atoms with E-state index in [-0.39, 0.29) is 5.91 Å². The highest BCUT2D eigenvalue weighted by Gasteiger charge is 2.26. The fourth-order valence-electron chi connectivity index (χ4n) is 2.17. The Morgan fingerprint density at radius 3 is 2.55 bits per heavy atom. The third-order valence-electron chi connectivity index (χ3n) is 3.31. The maximum absolute atomic E-state index is 12.4. The summed E-state index contributed by atoms with van der Waals surface area (Å²) in [5, 5.41) is 0. The molecule has 0 radical (unpaired) electrons. The number of carbonyl (C=O) groups excluding carboxylic acids is 1. The zero-order valence-corrected chi connectivity index (χ0v) is 12.0. The fraction of sp³-hybridized carbons (Fsp3) is 0.533. The largest absolute Gasteiger partial charge is 0.493 e. The van der Waals surface area contributed by atoms with Crippen molar-refractivity contribution in [1.29, 1.82) is 0 Å². The molecule has 5 nitrogen and oxygen atoms in total. The molecule has 1 unspecified atom stereocenters. The quantitative estimate of drug-likeness (QED) is 0.823. The molecule has 1 amide bonds. The number of hydrogen-bond acceptors (Lipinski definition) is 4. The Labute approximate surface area is 119 Å². The van der Waals surface area contributed by atoms with Gasteiger partial charge in [-0.1, -0.05) is 19.1 Å². The van der Waals surface area contributed by atoms with Gasteiger partial charge in [0.25, 0.3) is 5.91 Å². The minimum absolute atomic E-state index is 0.0155. The highest BCUT2D eigenvalue weighted by molar-refractivity contribution is 5.81. The summed E-state index contributed by atoms with van der Waals surface area (Å²) in [5.41, 5.74) is 0. The van der Waals surface area contributed by atoms with E-state index in [0.29, 0.717) is 44.2 Å². The maximum Gasteiger partial charge on any atom is 0.263 e. The molecule has 20 heavy (non-hydrogen) atoms. The molecule has 1 fully saturated rings. The number of nitrogens with zero attached hydrogens (tertiary/aromatic N) is 1. The van der Waals surface area contributed by atoms with Gasteiger partial charge in [0, 0.05) is 13.1 Å². The fourth-order valence-corrected chi connectivity index (χ4v) is 2.17. The van der Waals surface area contributed by atoms with Gasteiger partial charge in [0.05, 0.1) is 20.3 Å². The first kappa shape index (κ1) is 14.7. The van der Waals surface area contributed by atoms with Gasteiger partial charge in [0.2, 0.25) is 0 Å². The first-order chi connectivity index (χ1) is 9.76. The zero-order chi connectivity index (χ0) is 14.4. The number of para-hydroxylation sites is 2. The van der Waals surface area contributed by atoms with E-state index < -0.39 is 6.10 Å². The van der Waals surface area contributed by atoms with Gasteiger partial charge < -0.3 is 19.1 Å². The number of carbonyl (C=O) groups is 1. The van der Waals surface area contributed by atoms with E-state index in [0.717, 1.165) is 0 Å². The highest BCUT2D eigenvalue weighted by Crippen LogP contribution is 2.27. The van der Waals surface area contributed by atoms with Crippen molar-refractivity contribution < 1.29 is 19.0 Å². The van der Waals surface area contributed by atoms with Crippen LogP contribution in [0.4, 0.5) is 0 Å². The van der Waals surface area contributed by atoms with Gasteiger partial charge in [-0.05, 0) is 18.6 Å². The number of methoxy groups -OCH3 is 1. The molecule has 1 aliphatic rings. The first-order valence-electron chi connectivity index (χ1n) is 6.92. The summed E-state index contributed by atoms with van der Waals surface area (Å²) >= 11 is 0. The molecule has 0 spiro atoms. The topological polar surface area (TPSA) is 48.0 Å². The molecule has 1 aliphatic heterocycles. The Balaban J connectivity index is 2.06. The van der Waals surface area contributed by atoms with Crippen molar-refractivity contribution in [3.63, 3.8) is 0 Å². The lowest BCUT2D eigenvalue weighted by Crippen LogP contribution is -2.47. The third kappa shape index (κ3) is 3.42. The van der Waals surface area contributed by atoms with E-state index in [4.69, 9.17) is 14.2 Å². The average molecular weight is 279 g/mol. The third-order valence-corrected chi connectivity index (χ3v) is 3.31. The van der Waals surface area contributed by atoms with Crippen LogP contribution in [-0.2, 0) is 9.53 Å². The molecule has 0 aliphatic carbocycles. The lowest BCUT2D eigenvalue weighted by molar-refractivity contribution is -0.143. The molecule has 110 valence electrons. The van der Waals surface area contributed by atoms with Crippen LogP contribution in [0, 0.1) is 0 Å². The van der Waals surface area contributed by atoms with Crippen LogP contribution >= 0.6 is 0 Å². The van der Waals surface area contributed by atoms with Crippen LogP contribution in [0.3, 0.4) is 0 Å². The molecule has 0 saturated carbocycles. The van der Waals surface area contributed by atoms with Crippen molar-refractivity contribution in [2.45, 2.75) is 19.4 Å². The summed E-state index contributed by atoms with van der Waals surface area (Å²) in [6, 6.07) is 7.37. The predicted octanol–water partition coefficient (Wildman–Crippen LogP) is 1.71. The van der Waals surface area contributed by atoms with Gasteiger partial charge in [-0.15, -0.1) is 0 Å². The molecule has 5 heteroatoms. The zero-order valence-electron chi connectivity index (χ0n) is 12.0. The van der Waals surface area contributed by atoms with Crippen LogP contribution < -0.4 is 9.47 Å². The number of hydrogen-bond donors (Lipinski definition) is 0. The smallest absolute Gasteiger partial charge is 0.263 e. The highest BCUT2D eigenvalue weighted by atomic mass is 16.5. The number of amides is 1. The molecule has 1 aromatic carbocycles.